The van der Waals surface area contributed by atoms with E-state index in [0.717, 1.165) is 5.56 Å². The van der Waals surface area contributed by atoms with Gasteiger partial charge in [-0.05, 0) is 17.7 Å². The largest absolute Gasteiger partial charge is 0.509 e. The molecule has 1 atom stereocenters. The van der Waals surface area contributed by atoms with Crippen LogP contribution in [0, 0.1) is 0 Å². The zero-order chi connectivity index (χ0) is 9.26. The van der Waals surface area contributed by atoms with Crippen molar-refractivity contribution in [3.8, 4) is 0 Å². The van der Waals surface area contributed by atoms with E-state index in [0.29, 0.717) is 5.69 Å². The average Bonchev–Trinajstić information content (AvgIpc) is 2.53. The van der Waals surface area contributed by atoms with E-state index in [1.807, 2.05) is 12.1 Å². The lowest BCUT2D eigenvalue weighted by molar-refractivity contribution is 0.118. The van der Waals surface area contributed by atoms with E-state index in [4.69, 9.17) is 10.5 Å². The Morgan fingerprint density at radius 1 is 1.31 bits per heavy atom. The van der Waals surface area contributed by atoms with Gasteiger partial charge in [0.25, 0.3) is 0 Å². The molecule has 0 spiro atoms. The van der Waals surface area contributed by atoms with Gasteiger partial charge >= 0.3 is 6.16 Å². The van der Waals surface area contributed by atoms with E-state index >= 15 is 0 Å². The minimum absolute atomic E-state index is 0.281. The fourth-order valence-electron chi connectivity index (χ4n) is 1.20. The predicted molar refractivity (Wildman–Crippen MR) is 46.0 cm³/mol. The molecule has 4 nitrogen and oxygen atoms in total. The molecule has 13 heavy (non-hydrogen) atoms. The number of ether oxygens (including phenoxy) is 2. The van der Waals surface area contributed by atoms with Crippen LogP contribution in [0.2, 0.25) is 0 Å². The summed E-state index contributed by atoms with van der Waals surface area (Å²) in [6.07, 6.45) is -0.894. The van der Waals surface area contributed by atoms with Gasteiger partial charge < -0.3 is 15.2 Å². The van der Waals surface area contributed by atoms with Crippen LogP contribution in [0.15, 0.2) is 24.3 Å². The minimum atomic E-state index is -0.609. The van der Waals surface area contributed by atoms with E-state index in [2.05, 4.69) is 4.74 Å². The first-order chi connectivity index (χ1) is 6.25. The van der Waals surface area contributed by atoms with Crippen molar-refractivity contribution >= 4 is 11.8 Å². The van der Waals surface area contributed by atoms with Gasteiger partial charge in [-0.3, -0.25) is 0 Å². The molecular formula is C9H9NO3. The van der Waals surface area contributed by atoms with Crippen LogP contribution in [0.1, 0.15) is 11.7 Å². The molecule has 0 radical (unpaired) electrons. The third kappa shape index (κ3) is 1.56. The number of benzene rings is 1. The van der Waals surface area contributed by atoms with E-state index in [-0.39, 0.29) is 12.7 Å². The number of nitrogen functional groups attached to an aromatic ring is 1. The van der Waals surface area contributed by atoms with E-state index in [1.165, 1.54) is 0 Å². The number of rotatable bonds is 1. The Balaban J connectivity index is 2.17. The highest BCUT2D eigenvalue weighted by Crippen LogP contribution is 2.24. The molecule has 1 aromatic carbocycles. The highest BCUT2D eigenvalue weighted by atomic mass is 16.8. The first-order valence-electron chi connectivity index (χ1n) is 3.94. The van der Waals surface area contributed by atoms with Gasteiger partial charge in [-0.1, -0.05) is 12.1 Å². The van der Waals surface area contributed by atoms with Crippen LogP contribution in [0.25, 0.3) is 0 Å². The first kappa shape index (κ1) is 7.91. The Morgan fingerprint density at radius 3 is 2.54 bits per heavy atom. The monoisotopic (exact) mass is 179 g/mol. The van der Waals surface area contributed by atoms with Crippen LogP contribution in [0.5, 0.6) is 0 Å². The fraction of sp³-hybridized carbons (Fsp3) is 0.222. The molecule has 1 aliphatic rings. The average molecular weight is 179 g/mol. The van der Waals surface area contributed by atoms with Crippen molar-refractivity contribution in [3.63, 3.8) is 0 Å². The lowest BCUT2D eigenvalue weighted by Gasteiger charge is -2.05. The minimum Gasteiger partial charge on any atom is -0.430 e. The Morgan fingerprint density at radius 2 is 2.00 bits per heavy atom. The summed E-state index contributed by atoms with van der Waals surface area (Å²) in [5.74, 6) is 0. The van der Waals surface area contributed by atoms with Crippen LogP contribution in [0.4, 0.5) is 10.5 Å². The molecule has 0 amide bonds. The summed E-state index contributed by atoms with van der Waals surface area (Å²) in [4.78, 5) is 10.6. The molecular weight excluding hydrogens is 170 g/mol. The number of hydrogen-bond donors (Lipinski definition) is 1. The van der Waals surface area contributed by atoms with E-state index in [9.17, 15) is 4.79 Å². The van der Waals surface area contributed by atoms with Gasteiger partial charge in [0.05, 0.1) is 0 Å². The highest BCUT2D eigenvalue weighted by Gasteiger charge is 2.26. The van der Waals surface area contributed by atoms with Gasteiger partial charge in [-0.2, -0.15) is 0 Å². The second-order valence-corrected chi connectivity index (χ2v) is 2.83. The summed E-state index contributed by atoms with van der Waals surface area (Å²) in [6, 6.07) is 7.17. The molecule has 4 heteroatoms. The molecule has 0 saturated carbocycles. The summed E-state index contributed by atoms with van der Waals surface area (Å²) in [6.45, 7) is 0.281. The Hall–Kier alpha value is -1.71. The Labute approximate surface area is 75.2 Å². The van der Waals surface area contributed by atoms with Crippen LogP contribution < -0.4 is 5.73 Å². The van der Waals surface area contributed by atoms with Crippen LogP contribution in [-0.4, -0.2) is 12.8 Å². The smallest absolute Gasteiger partial charge is 0.430 e. The van der Waals surface area contributed by atoms with Crippen molar-refractivity contribution in [2.45, 2.75) is 6.10 Å². The van der Waals surface area contributed by atoms with Gasteiger partial charge in [0.2, 0.25) is 0 Å². The fourth-order valence-corrected chi connectivity index (χ4v) is 1.20. The Bertz CT molecular complexity index is 320. The predicted octanol–water partition coefficient (Wildman–Crippen LogP) is 1.48. The summed E-state index contributed by atoms with van der Waals surface area (Å²) < 4.78 is 9.54. The number of cyclic esters (lactones) is 2. The van der Waals surface area contributed by atoms with Crippen LogP contribution in [-0.2, 0) is 9.47 Å². The number of nitrogens with two attached hydrogens (primary N) is 1. The van der Waals surface area contributed by atoms with Gasteiger partial charge in [0, 0.05) is 5.69 Å². The summed E-state index contributed by atoms with van der Waals surface area (Å²) >= 11 is 0. The lowest BCUT2D eigenvalue weighted by atomic mass is 10.1. The van der Waals surface area contributed by atoms with Gasteiger partial charge in [0.15, 0.2) is 6.10 Å². The summed E-state index contributed by atoms with van der Waals surface area (Å²) in [5, 5.41) is 0. The van der Waals surface area contributed by atoms with Crippen molar-refractivity contribution in [2.24, 2.45) is 0 Å². The van der Waals surface area contributed by atoms with Gasteiger partial charge in [0.1, 0.15) is 6.61 Å². The van der Waals surface area contributed by atoms with Crippen molar-refractivity contribution in [1.29, 1.82) is 0 Å². The molecule has 0 aliphatic carbocycles. The standard InChI is InChI=1S/C9H9NO3/c10-7-3-1-6(2-4-7)8-5-12-9(11)13-8/h1-4,8H,5,10H2. The first-order valence-corrected chi connectivity index (χ1v) is 3.94. The van der Waals surface area contributed by atoms with Gasteiger partial charge in [-0.25, -0.2) is 4.79 Å². The molecule has 2 N–H and O–H groups in total. The SMILES string of the molecule is Nc1ccc(C2COC(=O)O2)cc1. The molecule has 2 rings (SSSR count). The maximum absolute atomic E-state index is 10.6. The van der Waals surface area contributed by atoms with Gasteiger partial charge in [-0.15, -0.1) is 0 Å². The van der Waals surface area contributed by atoms with Crippen molar-refractivity contribution in [1.82, 2.24) is 0 Å². The highest BCUT2D eigenvalue weighted by molar-refractivity contribution is 5.62. The normalized spacial score (nSPS) is 20.9. The maximum atomic E-state index is 10.6. The van der Waals surface area contributed by atoms with Crippen LogP contribution in [0.3, 0.4) is 0 Å². The second kappa shape index (κ2) is 2.97. The molecule has 1 aromatic rings. The van der Waals surface area contributed by atoms with E-state index < -0.39 is 6.16 Å². The number of anilines is 1. The lowest BCUT2D eigenvalue weighted by Crippen LogP contribution is -2.00. The third-order valence-corrected chi connectivity index (χ3v) is 1.90. The molecule has 1 aliphatic heterocycles. The van der Waals surface area contributed by atoms with Crippen LogP contribution >= 0.6 is 0 Å². The topological polar surface area (TPSA) is 61.5 Å². The number of hydrogen-bond acceptors (Lipinski definition) is 4. The zero-order valence-corrected chi connectivity index (χ0v) is 6.90. The summed E-state index contributed by atoms with van der Waals surface area (Å²) in [5.41, 5.74) is 7.11. The number of carbonyl (C=O) groups is 1. The van der Waals surface area contributed by atoms with Crippen molar-refractivity contribution < 1.29 is 14.3 Å². The molecule has 1 heterocycles. The molecule has 0 bridgehead atoms. The quantitative estimate of drug-likeness (QED) is 0.524. The maximum Gasteiger partial charge on any atom is 0.509 e. The second-order valence-electron chi connectivity index (χ2n) is 2.83. The molecule has 1 unspecified atom stereocenters. The Kier molecular flexibility index (Phi) is 1.81. The number of carbonyl (C=O) groups excluding carboxylic acids is 1. The van der Waals surface area contributed by atoms with E-state index in [1.54, 1.807) is 12.1 Å². The third-order valence-electron chi connectivity index (χ3n) is 1.90. The molecule has 1 fully saturated rings. The van der Waals surface area contributed by atoms with Crippen molar-refractivity contribution in [2.75, 3.05) is 12.3 Å². The molecule has 68 valence electrons. The molecule has 0 aromatic heterocycles. The molecule has 1 saturated heterocycles. The summed E-state index contributed by atoms with van der Waals surface area (Å²) in [7, 11) is 0. The zero-order valence-electron chi connectivity index (χ0n) is 6.90. The van der Waals surface area contributed by atoms with Crippen molar-refractivity contribution in [3.05, 3.63) is 29.8 Å².